The molecule has 2 rings (SSSR count). The molecule has 0 unspecified atom stereocenters. The van der Waals surface area contributed by atoms with Gasteiger partial charge in [-0.05, 0) is 36.9 Å². The van der Waals surface area contributed by atoms with Gasteiger partial charge < -0.3 is 4.74 Å². The Labute approximate surface area is 105 Å². The van der Waals surface area contributed by atoms with Gasteiger partial charge in [0.1, 0.15) is 10.6 Å². The van der Waals surface area contributed by atoms with Crippen LogP contribution in [0.15, 0.2) is 29.6 Å². The summed E-state index contributed by atoms with van der Waals surface area (Å²) in [5, 5.41) is 1.87. The molecule has 0 N–H and O–H groups in total. The van der Waals surface area contributed by atoms with Crippen molar-refractivity contribution in [1.82, 2.24) is 0 Å². The van der Waals surface area contributed by atoms with E-state index in [2.05, 4.69) is 0 Å². The van der Waals surface area contributed by atoms with Crippen LogP contribution in [-0.2, 0) is 0 Å². The molecule has 0 saturated carbocycles. The molecule has 0 radical (unpaired) electrons. The lowest BCUT2D eigenvalue weighted by atomic mass is 10.0. The van der Waals surface area contributed by atoms with Crippen LogP contribution in [0.4, 0.5) is 0 Å². The molecule has 1 aromatic heterocycles. The Bertz CT molecular complexity index is 555. The predicted molar refractivity (Wildman–Crippen MR) is 70.2 cm³/mol. The van der Waals surface area contributed by atoms with Crippen LogP contribution in [0.2, 0.25) is 0 Å². The first-order chi connectivity index (χ1) is 8.13. The lowest BCUT2D eigenvalue weighted by Gasteiger charge is -2.06. The quantitative estimate of drug-likeness (QED) is 0.773. The molecule has 2 aromatic rings. The summed E-state index contributed by atoms with van der Waals surface area (Å²) < 4.78 is 5.19. The number of ketones is 1. The van der Waals surface area contributed by atoms with E-state index in [0.29, 0.717) is 10.6 Å². The van der Waals surface area contributed by atoms with Crippen LogP contribution in [0.25, 0.3) is 0 Å². The normalized spacial score (nSPS) is 10.3. The van der Waals surface area contributed by atoms with Gasteiger partial charge in [0.15, 0.2) is 0 Å². The fourth-order valence-electron chi connectivity index (χ4n) is 1.73. The van der Waals surface area contributed by atoms with E-state index in [1.54, 1.807) is 7.11 Å². The summed E-state index contributed by atoms with van der Waals surface area (Å²) in [5.41, 5.74) is 2.84. The van der Waals surface area contributed by atoms with Crippen molar-refractivity contribution in [1.29, 1.82) is 0 Å². The van der Waals surface area contributed by atoms with Gasteiger partial charge in [0, 0.05) is 5.56 Å². The maximum atomic E-state index is 12.4. The third-order valence-corrected chi connectivity index (χ3v) is 3.59. The highest BCUT2D eigenvalue weighted by Gasteiger charge is 2.17. The second-order valence-corrected chi connectivity index (χ2v) is 4.88. The summed E-state index contributed by atoms with van der Waals surface area (Å²) >= 11 is 1.42. The van der Waals surface area contributed by atoms with Crippen molar-refractivity contribution in [2.24, 2.45) is 0 Å². The molecule has 17 heavy (non-hydrogen) atoms. The first-order valence-corrected chi connectivity index (χ1v) is 6.25. The van der Waals surface area contributed by atoms with E-state index in [9.17, 15) is 4.79 Å². The van der Waals surface area contributed by atoms with Crippen LogP contribution in [-0.4, -0.2) is 12.9 Å². The number of hydrogen-bond acceptors (Lipinski definition) is 3. The van der Waals surface area contributed by atoms with Crippen molar-refractivity contribution >= 4 is 17.1 Å². The topological polar surface area (TPSA) is 26.3 Å². The highest BCUT2D eigenvalue weighted by molar-refractivity contribution is 7.12. The first kappa shape index (κ1) is 11.9. The van der Waals surface area contributed by atoms with Gasteiger partial charge >= 0.3 is 0 Å². The third kappa shape index (κ3) is 2.24. The molecule has 0 fully saturated rings. The molecule has 0 aliphatic rings. The van der Waals surface area contributed by atoms with Crippen LogP contribution in [0.3, 0.4) is 0 Å². The molecular weight excluding hydrogens is 232 g/mol. The van der Waals surface area contributed by atoms with Gasteiger partial charge in [-0.25, -0.2) is 0 Å². The average Bonchev–Trinajstić information content (AvgIpc) is 2.79. The zero-order chi connectivity index (χ0) is 12.4. The molecule has 0 aliphatic carbocycles. The average molecular weight is 246 g/mol. The number of thiophene rings is 1. The van der Waals surface area contributed by atoms with Crippen LogP contribution in [0.1, 0.15) is 26.4 Å². The third-order valence-electron chi connectivity index (χ3n) is 2.69. The number of carbonyl (C=O) groups excluding carboxylic acids is 1. The molecule has 0 bridgehead atoms. The van der Waals surface area contributed by atoms with Gasteiger partial charge in [0.05, 0.1) is 7.11 Å². The zero-order valence-corrected chi connectivity index (χ0v) is 10.9. The summed E-state index contributed by atoms with van der Waals surface area (Å²) in [5.74, 6) is 0.693. The highest BCUT2D eigenvalue weighted by atomic mass is 32.1. The van der Waals surface area contributed by atoms with Crippen molar-refractivity contribution in [3.8, 4) is 5.75 Å². The molecule has 0 spiro atoms. The number of methoxy groups -OCH3 is 1. The van der Waals surface area contributed by atoms with E-state index < -0.39 is 0 Å². The van der Waals surface area contributed by atoms with E-state index in [1.807, 2.05) is 43.5 Å². The standard InChI is InChI=1S/C14H14O2S/c1-9-4-5-10(2)11(8-9)13(15)14-12(16-3)6-7-17-14/h4-8H,1-3H3. The van der Waals surface area contributed by atoms with Crippen LogP contribution < -0.4 is 4.74 Å². The molecule has 1 aromatic carbocycles. The van der Waals surface area contributed by atoms with Crippen molar-refractivity contribution in [3.63, 3.8) is 0 Å². The number of ether oxygens (including phenoxy) is 1. The SMILES string of the molecule is COc1ccsc1C(=O)c1cc(C)ccc1C. The van der Waals surface area contributed by atoms with Crippen LogP contribution in [0, 0.1) is 13.8 Å². The minimum Gasteiger partial charge on any atom is -0.495 e. The molecule has 2 nitrogen and oxygen atoms in total. The second kappa shape index (κ2) is 4.72. The Morgan fingerprint density at radius 3 is 2.71 bits per heavy atom. The fraction of sp³-hybridized carbons (Fsp3) is 0.214. The first-order valence-electron chi connectivity index (χ1n) is 5.37. The lowest BCUT2D eigenvalue weighted by Crippen LogP contribution is -2.03. The van der Waals surface area contributed by atoms with Crippen molar-refractivity contribution in [2.75, 3.05) is 7.11 Å². The van der Waals surface area contributed by atoms with Crippen molar-refractivity contribution in [2.45, 2.75) is 13.8 Å². The molecule has 0 atom stereocenters. The molecule has 0 aliphatic heterocycles. The Morgan fingerprint density at radius 2 is 2.00 bits per heavy atom. The number of rotatable bonds is 3. The molecule has 3 heteroatoms. The van der Waals surface area contributed by atoms with Crippen molar-refractivity contribution in [3.05, 3.63) is 51.2 Å². The molecular formula is C14H14O2S. The summed E-state index contributed by atoms with van der Waals surface area (Å²) in [6.07, 6.45) is 0. The summed E-state index contributed by atoms with van der Waals surface area (Å²) in [7, 11) is 1.59. The zero-order valence-electron chi connectivity index (χ0n) is 10.1. The number of hydrogen-bond donors (Lipinski definition) is 0. The smallest absolute Gasteiger partial charge is 0.207 e. The molecule has 0 saturated heterocycles. The summed E-state index contributed by atoms with van der Waals surface area (Å²) in [6.45, 7) is 3.94. The molecule has 1 heterocycles. The van der Waals surface area contributed by atoms with E-state index >= 15 is 0 Å². The van der Waals surface area contributed by atoms with E-state index in [0.717, 1.165) is 16.7 Å². The van der Waals surface area contributed by atoms with Crippen LogP contribution >= 0.6 is 11.3 Å². The van der Waals surface area contributed by atoms with E-state index in [4.69, 9.17) is 4.74 Å². The van der Waals surface area contributed by atoms with Gasteiger partial charge in [-0.3, -0.25) is 4.79 Å². The van der Waals surface area contributed by atoms with Gasteiger partial charge in [-0.1, -0.05) is 17.7 Å². The summed E-state index contributed by atoms with van der Waals surface area (Å²) in [4.78, 5) is 13.1. The van der Waals surface area contributed by atoms with Gasteiger partial charge in [0.25, 0.3) is 0 Å². The summed E-state index contributed by atoms with van der Waals surface area (Å²) in [6, 6.07) is 7.74. The van der Waals surface area contributed by atoms with Gasteiger partial charge in [-0.2, -0.15) is 0 Å². The number of carbonyl (C=O) groups is 1. The Balaban J connectivity index is 2.47. The van der Waals surface area contributed by atoms with Gasteiger partial charge in [0.2, 0.25) is 5.78 Å². The van der Waals surface area contributed by atoms with E-state index in [-0.39, 0.29) is 5.78 Å². The molecule has 0 amide bonds. The Kier molecular flexibility index (Phi) is 3.29. The van der Waals surface area contributed by atoms with Crippen LogP contribution in [0.5, 0.6) is 5.75 Å². The second-order valence-electron chi connectivity index (χ2n) is 3.97. The number of benzene rings is 1. The lowest BCUT2D eigenvalue weighted by molar-refractivity contribution is 0.103. The minimum absolute atomic E-state index is 0.0399. The maximum Gasteiger partial charge on any atom is 0.207 e. The fourth-order valence-corrected chi connectivity index (χ4v) is 2.54. The monoisotopic (exact) mass is 246 g/mol. The minimum atomic E-state index is 0.0399. The molecule has 88 valence electrons. The van der Waals surface area contributed by atoms with Crippen molar-refractivity contribution < 1.29 is 9.53 Å². The van der Waals surface area contributed by atoms with E-state index in [1.165, 1.54) is 11.3 Å². The van der Waals surface area contributed by atoms with Gasteiger partial charge in [-0.15, -0.1) is 11.3 Å². The Morgan fingerprint density at radius 1 is 1.24 bits per heavy atom. The highest BCUT2D eigenvalue weighted by Crippen LogP contribution is 2.28. The maximum absolute atomic E-state index is 12.4. The predicted octanol–water partition coefficient (Wildman–Crippen LogP) is 3.60. The number of aryl methyl sites for hydroxylation is 2. The Hall–Kier alpha value is -1.61. The largest absolute Gasteiger partial charge is 0.495 e.